The Labute approximate surface area is 97.6 Å². The Morgan fingerprint density at radius 2 is 1.94 bits per heavy atom. The summed E-state index contributed by atoms with van der Waals surface area (Å²) >= 11 is 0. The average Bonchev–Trinajstić information content (AvgIpc) is 2.97. The summed E-state index contributed by atoms with van der Waals surface area (Å²) in [7, 11) is 0. The number of rotatable bonds is 4. The highest BCUT2D eigenvalue weighted by Crippen LogP contribution is 2.51. The van der Waals surface area contributed by atoms with Crippen molar-refractivity contribution in [3.05, 3.63) is 35.4 Å². The molecule has 0 heterocycles. The molecule has 0 radical (unpaired) electrons. The molecule has 0 atom stereocenters. The fourth-order valence-corrected chi connectivity index (χ4v) is 2.07. The largest absolute Gasteiger partial charge is 0.300 e. The molecule has 1 aliphatic carbocycles. The zero-order valence-electron chi connectivity index (χ0n) is 9.43. The molecule has 1 saturated carbocycles. The fourth-order valence-electron chi connectivity index (χ4n) is 2.07. The molecule has 0 bridgehead atoms. The van der Waals surface area contributed by atoms with Crippen LogP contribution in [0.5, 0.6) is 0 Å². The first-order valence-electron chi connectivity index (χ1n) is 5.44. The van der Waals surface area contributed by atoms with Crippen molar-refractivity contribution in [2.75, 3.05) is 0 Å². The minimum Gasteiger partial charge on any atom is -0.300 e. The maximum atomic E-state index is 13.5. The average molecular weight is 238 g/mol. The molecular formula is C13H12F2O2. The summed E-state index contributed by atoms with van der Waals surface area (Å²) in [4.78, 5) is 23.2. The molecule has 1 aromatic carbocycles. The van der Waals surface area contributed by atoms with Crippen molar-refractivity contribution in [2.24, 2.45) is 5.41 Å². The lowest BCUT2D eigenvalue weighted by atomic mass is 9.90. The summed E-state index contributed by atoms with van der Waals surface area (Å²) in [5.41, 5.74) is -0.852. The summed E-state index contributed by atoms with van der Waals surface area (Å²) in [5, 5.41) is 0. The molecule has 0 N–H and O–H groups in total. The van der Waals surface area contributed by atoms with Crippen LogP contribution in [0, 0.1) is 17.0 Å². The van der Waals surface area contributed by atoms with Crippen LogP contribution in [0.25, 0.3) is 0 Å². The molecule has 1 aliphatic rings. The highest BCUT2D eigenvalue weighted by molar-refractivity contribution is 6.04. The number of benzene rings is 1. The van der Waals surface area contributed by atoms with Gasteiger partial charge in [0, 0.05) is 17.9 Å². The van der Waals surface area contributed by atoms with Crippen LogP contribution in [-0.2, 0) is 4.79 Å². The Morgan fingerprint density at radius 1 is 1.29 bits per heavy atom. The molecule has 0 aliphatic heterocycles. The SMILES string of the molecule is CC(=O)CC1(C(=O)c2ccc(F)cc2F)CC1. The van der Waals surface area contributed by atoms with Crippen LogP contribution in [0.2, 0.25) is 0 Å². The normalized spacial score (nSPS) is 16.6. The first-order chi connectivity index (χ1) is 7.94. The van der Waals surface area contributed by atoms with Crippen molar-refractivity contribution in [1.82, 2.24) is 0 Å². The molecule has 0 saturated heterocycles. The number of hydrogen-bond donors (Lipinski definition) is 0. The predicted octanol–water partition coefficient (Wildman–Crippen LogP) is 2.91. The van der Waals surface area contributed by atoms with E-state index in [2.05, 4.69) is 0 Å². The van der Waals surface area contributed by atoms with Gasteiger partial charge >= 0.3 is 0 Å². The molecule has 0 aromatic heterocycles. The quantitative estimate of drug-likeness (QED) is 0.756. The van der Waals surface area contributed by atoms with E-state index in [0.717, 1.165) is 12.1 Å². The molecule has 90 valence electrons. The van der Waals surface area contributed by atoms with Gasteiger partial charge in [-0.1, -0.05) is 0 Å². The van der Waals surface area contributed by atoms with Crippen LogP contribution >= 0.6 is 0 Å². The number of carbonyl (C=O) groups excluding carboxylic acids is 2. The van der Waals surface area contributed by atoms with E-state index in [1.807, 2.05) is 0 Å². The summed E-state index contributed by atoms with van der Waals surface area (Å²) in [6.45, 7) is 1.41. The van der Waals surface area contributed by atoms with E-state index in [-0.39, 0.29) is 23.6 Å². The monoisotopic (exact) mass is 238 g/mol. The minimum absolute atomic E-state index is 0.0848. The molecule has 0 unspecified atom stereocenters. The van der Waals surface area contributed by atoms with E-state index in [9.17, 15) is 18.4 Å². The Hall–Kier alpha value is -1.58. The van der Waals surface area contributed by atoms with Crippen molar-refractivity contribution in [3.63, 3.8) is 0 Å². The van der Waals surface area contributed by atoms with Gasteiger partial charge in [-0.2, -0.15) is 0 Å². The van der Waals surface area contributed by atoms with Gasteiger partial charge in [0.15, 0.2) is 5.78 Å². The molecule has 1 fully saturated rings. The second-order valence-electron chi connectivity index (χ2n) is 4.61. The smallest absolute Gasteiger partial charge is 0.172 e. The number of Topliss-reactive ketones (excluding diaryl/α,β-unsaturated/α-hetero) is 2. The summed E-state index contributed by atoms with van der Waals surface area (Å²) in [5.74, 6) is -2.04. The van der Waals surface area contributed by atoms with Crippen LogP contribution in [0.3, 0.4) is 0 Å². The van der Waals surface area contributed by atoms with Gasteiger partial charge < -0.3 is 0 Å². The zero-order valence-corrected chi connectivity index (χ0v) is 9.43. The van der Waals surface area contributed by atoms with Gasteiger partial charge in [-0.3, -0.25) is 9.59 Å². The Bertz CT molecular complexity index is 490. The van der Waals surface area contributed by atoms with Gasteiger partial charge in [-0.15, -0.1) is 0 Å². The van der Waals surface area contributed by atoms with E-state index in [4.69, 9.17) is 0 Å². The van der Waals surface area contributed by atoms with E-state index in [1.165, 1.54) is 6.92 Å². The number of ketones is 2. The molecular weight excluding hydrogens is 226 g/mol. The maximum absolute atomic E-state index is 13.5. The summed E-state index contributed by atoms with van der Waals surface area (Å²) in [6, 6.07) is 2.89. The maximum Gasteiger partial charge on any atom is 0.172 e. The van der Waals surface area contributed by atoms with E-state index >= 15 is 0 Å². The van der Waals surface area contributed by atoms with Gasteiger partial charge in [-0.05, 0) is 31.9 Å². The summed E-state index contributed by atoms with van der Waals surface area (Å²) in [6.07, 6.45) is 1.34. The van der Waals surface area contributed by atoms with Crippen LogP contribution in [0.4, 0.5) is 8.78 Å². The van der Waals surface area contributed by atoms with Gasteiger partial charge in [0.25, 0.3) is 0 Å². The molecule has 0 spiro atoms. The second kappa shape index (κ2) is 4.02. The van der Waals surface area contributed by atoms with Crippen molar-refractivity contribution < 1.29 is 18.4 Å². The Balaban J connectivity index is 2.28. The lowest BCUT2D eigenvalue weighted by Crippen LogP contribution is -2.20. The van der Waals surface area contributed by atoms with Crippen molar-refractivity contribution in [1.29, 1.82) is 0 Å². The van der Waals surface area contributed by atoms with Crippen molar-refractivity contribution >= 4 is 11.6 Å². The zero-order chi connectivity index (χ0) is 12.6. The van der Waals surface area contributed by atoms with E-state index in [1.54, 1.807) is 0 Å². The standard InChI is InChI=1S/C13H12F2O2/c1-8(16)7-13(4-5-13)12(17)10-3-2-9(14)6-11(10)15/h2-3,6H,4-5,7H2,1H3. The molecule has 4 heteroatoms. The summed E-state index contributed by atoms with van der Waals surface area (Å²) < 4.78 is 26.2. The molecule has 17 heavy (non-hydrogen) atoms. The second-order valence-corrected chi connectivity index (χ2v) is 4.61. The lowest BCUT2D eigenvalue weighted by molar-refractivity contribution is -0.117. The molecule has 2 nitrogen and oxygen atoms in total. The number of carbonyl (C=O) groups is 2. The molecule has 2 rings (SSSR count). The molecule has 1 aromatic rings. The van der Waals surface area contributed by atoms with Crippen molar-refractivity contribution in [2.45, 2.75) is 26.2 Å². The fraction of sp³-hybridized carbons (Fsp3) is 0.385. The Kier molecular flexibility index (Phi) is 2.81. The first-order valence-corrected chi connectivity index (χ1v) is 5.44. The van der Waals surface area contributed by atoms with Gasteiger partial charge in [0.1, 0.15) is 17.4 Å². The predicted molar refractivity (Wildman–Crippen MR) is 57.7 cm³/mol. The van der Waals surface area contributed by atoms with Crippen LogP contribution < -0.4 is 0 Å². The van der Waals surface area contributed by atoms with Crippen LogP contribution in [0.1, 0.15) is 36.5 Å². The Morgan fingerprint density at radius 3 is 2.41 bits per heavy atom. The van der Waals surface area contributed by atoms with Crippen molar-refractivity contribution in [3.8, 4) is 0 Å². The third-order valence-electron chi connectivity index (χ3n) is 3.10. The third-order valence-corrected chi connectivity index (χ3v) is 3.10. The molecule has 0 amide bonds. The van der Waals surface area contributed by atoms with Crippen LogP contribution in [-0.4, -0.2) is 11.6 Å². The van der Waals surface area contributed by atoms with Gasteiger partial charge in [0.2, 0.25) is 0 Å². The van der Waals surface area contributed by atoms with Crippen LogP contribution in [0.15, 0.2) is 18.2 Å². The highest BCUT2D eigenvalue weighted by atomic mass is 19.1. The van der Waals surface area contributed by atoms with E-state index < -0.39 is 17.0 Å². The van der Waals surface area contributed by atoms with Gasteiger partial charge in [0.05, 0.1) is 5.56 Å². The van der Waals surface area contributed by atoms with Gasteiger partial charge in [-0.25, -0.2) is 8.78 Å². The topological polar surface area (TPSA) is 34.1 Å². The number of hydrogen-bond acceptors (Lipinski definition) is 2. The van der Waals surface area contributed by atoms with E-state index in [0.29, 0.717) is 18.9 Å². The lowest BCUT2D eigenvalue weighted by Gasteiger charge is -2.12. The first kappa shape index (κ1) is 11.9. The minimum atomic E-state index is -0.857. The highest BCUT2D eigenvalue weighted by Gasteiger charge is 2.50. The number of halogens is 2. The third kappa shape index (κ3) is 2.25.